The number of carbonyl (C=O) groups excluding carboxylic acids is 2. The van der Waals surface area contributed by atoms with Gasteiger partial charge >= 0.3 is 0 Å². The molecule has 2 heterocycles. The first-order valence-corrected chi connectivity index (χ1v) is 11.8. The molecule has 0 aliphatic carbocycles. The Morgan fingerprint density at radius 3 is 2.60 bits per heavy atom. The maximum atomic E-state index is 12.9. The number of carbonyl (C=O) groups is 2. The van der Waals surface area contributed by atoms with Crippen LogP contribution in [0.15, 0.2) is 65.9 Å². The Labute approximate surface area is 204 Å². The van der Waals surface area contributed by atoms with Gasteiger partial charge in [0.25, 0.3) is 5.91 Å². The number of nitrogens with zero attached hydrogens (tertiary/aromatic N) is 2. The smallest absolute Gasteiger partial charge is 0.272 e. The third kappa shape index (κ3) is 5.54. The first-order valence-electron chi connectivity index (χ1n) is 11.8. The summed E-state index contributed by atoms with van der Waals surface area (Å²) in [6.45, 7) is 4.88. The number of benzene rings is 2. The van der Waals surface area contributed by atoms with Crippen molar-refractivity contribution in [2.75, 3.05) is 19.0 Å². The Balaban J connectivity index is 1.52. The van der Waals surface area contributed by atoms with Gasteiger partial charge in [-0.2, -0.15) is 5.10 Å². The number of aromatic nitrogens is 1. The standard InChI is InChI=1S/C27H30N4O4/c1-4-19-16-25(32)31(30-26(19)20-10-13-23(35-5-2)24(15-20)34-3)17-18-8-11-21(12-9-18)29-27(33)22-7-6-14-28-22/h6-15,19,28H,4-5,16-17H2,1-3H3,(H,29,33). The van der Waals surface area contributed by atoms with E-state index in [9.17, 15) is 9.59 Å². The van der Waals surface area contributed by atoms with E-state index in [2.05, 4.69) is 17.2 Å². The molecule has 1 aliphatic heterocycles. The molecule has 8 nitrogen and oxygen atoms in total. The van der Waals surface area contributed by atoms with Gasteiger partial charge in [-0.3, -0.25) is 9.59 Å². The van der Waals surface area contributed by atoms with Crippen LogP contribution >= 0.6 is 0 Å². The average Bonchev–Trinajstić information content (AvgIpc) is 3.42. The van der Waals surface area contributed by atoms with Crippen LogP contribution in [0.5, 0.6) is 11.5 Å². The van der Waals surface area contributed by atoms with Crippen LogP contribution in [-0.4, -0.2) is 41.2 Å². The van der Waals surface area contributed by atoms with Crippen LogP contribution in [0.25, 0.3) is 0 Å². The van der Waals surface area contributed by atoms with Gasteiger partial charge in [0.2, 0.25) is 5.91 Å². The third-order valence-electron chi connectivity index (χ3n) is 5.96. The normalized spacial score (nSPS) is 15.5. The van der Waals surface area contributed by atoms with E-state index in [0.717, 1.165) is 23.3 Å². The molecule has 4 rings (SSSR count). The van der Waals surface area contributed by atoms with Crippen LogP contribution in [0.3, 0.4) is 0 Å². The quantitative estimate of drug-likeness (QED) is 0.464. The van der Waals surface area contributed by atoms with E-state index in [4.69, 9.17) is 14.6 Å². The Morgan fingerprint density at radius 1 is 1.14 bits per heavy atom. The maximum absolute atomic E-state index is 12.9. The van der Waals surface area contributed by atoms with Crippen LogP contribution < -0.4 is 14.8 Å². The first-order chi connectivity index (χ1) is 17.0. The Hall–Kier alpha value is -4.07. The minimum Gasteiger partial charge on any atom is -0.493 e. The zero-order valence-corrected chi connectivity index (χ0v) is 20.2. The summed E-state index contributed by atoms with van der Waals surface area (Å²) in [5, 5.41) is 9.14. The molecule has 1 unspecified atom stereocenters. The molecule has 2 N–H and O–H groups in total. The van der Waals surface area contributed by atoms with Gasteiger partial charge in [0.1, 0.15) is 5.69 Å². The molecule has 1 aliphatic rings. The number of nitrogens with one attached hydrogen (secondary N) is 2. The highest BCUT2D eigenvalue weighted by molar-refractivity contribution is 6.06. The summed E-state index contributed by atoms with van der Waals surface area (Å²) in [5.41, 5.74) is 3.86. The summed E-state index contributed by atoms with van der Waals surface area (Å²) in [6.07, 6.45) is 2.91. The topological polar surface area (TPSA) is 96.0 Å². The van der Waals surface area contributed by atoms with E-state index in [-0.39, 0.29) is 17.7 Å². The minimum absolute atomic E-state index is 0.0115. The number of amides is 2. The molecule has 1 aromatic heterocycles. The lowest BCUT2D eigenvalue weighted by Crippen LogP contribution is -2.36. The van der Waals surface area contributed by atoms with Gasteiger partial charge in [0, 0.05) is 29.8 Å². The largest absolute Gasteiger partial charge is 0.493 e. The number of rotatable bonds is 9. The second kappa shape index (κ2) is 10.9. The highest BCUT2D eigenvalue weighted by atomic mass is 16.5. The number of aromatic amines is 1. The van der Waals surface area contributed by atoms with Gasteiger partial charge < -0.3 is 19.8 Å². The van der Waals surface area contributed by atoms with Crippen molar-refractivity contribution in [2.45, 2.75) is 33.2 Å². The van der Waals surface area contributed by atoms with Gasteiger partial charge in [0.05, 0.1) is 26.0 Å². The Bertz CT molecular complexity index is 1200. The van der Waals surface area contributed by atoms with Gasteiger partial charge in [-0.25, -0.2) is 5.01 Å². The van der Waals surface area contributed by atoms with Gasteiger partial charge in [-0.1, -0.05) is 19.1 Å². The lowest BCUT2D eigenvalue weighted by Gasteiger charge is -2.29. The highest BCUT2D eigenvalue weighted by Gasteiger charge is 2.29. The molecule has 2 amide bonds. The lowest BCUT2D eigenvalue weighted by molar-refractivity contribution is -0.133. The second-order valence-corrected chi connectivity index (χ2v) is 8.28. The van der Waals surface area contributed by atoms with Crippen molar-refractivity contribution in [1.82, 2.24) is 9.99 Å². The number of hydrogen-bond acceptors (Lipinski definition) is 5. The summed E-state index contributed by atoms with van der Waals surface area (Å²) in [5.74, 6) is 1.14. The molecule has 182 valence electrons. The third-order valence-corrected chi connectivity index (χ3v) is 5.96. The summed E-state index contributed by atoms with van der Waals surface area (Å²) in [6, 6.07) is 16.7. The molecule has 3 aromatic rings. The summed E-state index contributed by atoms with van der Waals surface area (Å²) >= 11 is 0. The maximum Gasteiger partial charge on any atom is 0.272 e. The zero-order valence-electron chi connectivity index (χ0n) is 20.2. The molecular formula is C27H30N4O4. The van der Waals surface area contributed by atoms with Crippen LogP contribution in [0, 0.1) is 5.92 Å². The van der Waals surface area contributed by atoms with Crippen LogP contribution in [0.1, 0.15) is 48.3 Å². The summed E-state index contributed by atoms with van der Waals surface area (Å²) in [7, 11) is 1.61. The molecule has 2 aromatic carbocycles. The van der Waals surface area contributed by atoms with Crippen LogP contribution in [0.2, 0.25) is 0 Å². The fourth-order valence-corrected chi connectivity index (χ4v) is 4.07. The lowest BCUT2D eigenvalue weighted by atomic mass is 9.89. The van der Waals surface area contributed by atoms with E-state index in [1.165, 1.54) is 5.01 Å². The predicted octanol–water partition coefficient (Wildman–Crippen LogP) is 4.84. The number of H-pyrrole nitrogens is 1. The predicted molar refractivity (Wildman–Crippen MR) is 135 cm³/mol. The molecule has 35 heavy (non-hydrogen) atoms. The molecule has 0 saturated heterocycles. The van der Waals surface area contributed by atoms with E-state index in [0.29, 0.717) is 42.5 Å². The number of ether oxygens (including phenoxy) is 2. The molecule has 0 fully saturated rings. The fourth-order valence-electron chi connectivity index (χ4n) is 4.07. The second-order valence-electron chi connectivity index (χ2n) is 8.28. The molecule has 8 heteroatoms. The number of anilines is 1. The number of hydrazone groups is 1. The van der Waals surface area contributed by atoms with Crippen molar-refractivity contribution >= 4 is 23.2 Å². The van der Waals surface area contributed by atoms with Gasteiger partial charge in [-0.05, 0) is 61.4 Å². The SMILES string of the molecule is CCOc1ccc(C2=NN(Cc3ccc(NC(=O)c4ccc[nH]4)cc3)C(=O)CC2CC)cc1OC. The van der Waals surface area contributed by atoms with Crippen molar-refractivity contribution in [3.8, 4) is 11.5 Å². The van der Waals surface area contributed by atoms with Crippen molar-refractivity contribution in [3.05, 3.63) is 77.6 Å². The molecule has 1 atom stereocenters. The minimum atomic E-state index is -0.209. The highest BCUT2D eigenvalue weighted by Crippen LogP contribution is 2.32. The van der Waals surface area contributed by atoms with E-state index < -0.39 is 0 Å². The Morgan fingerprint density at radius 2 is 1.94 bits per heavy atom. The van der Waals surface area contributed by atoms with E-state index in [1.807, 2.05) is 49.4 Å². The van der Waals surface area contributed by atoms with E-state index >= 15 is 0 Å². The van der Waals surface area contributed by atoms with Crippen molar-refractivity contribution < 1.29 is 19.1 Å². The summed E-state index contributed by atoms with van der Waals surface area (Å²) < 4.78 is 11.1. The fraction of sp³-hybridized carbons (Fsp3) is 0.296. The van der Waals surface area contributed by atoms with Crippen molar-refractivity contribution in [3.63, 3.8) is 0 Å². The van der Waals surface area contributed by atoms with Crippen molar-refractivity contribution in [1.29, 1.82) is 0 Å². The molecule has 0 spiro atoms. The van der Waals surface area contributed by atoms with Crippen LogP contribution in [-0.2, 0) is 11.3 Å². The molecule has 0 radical (unpaired) electrons. The summed E-state index contributed by atoms with van der Waals surface area (Å²) in [4.78, 5) is 28.0. The first kappa shape index (κ1) is 24.1. The number of methoxy groups -OCH3 is 1. The Kier molecular flexibility index (Phi) is 7.50. The van der Waals surface area contributed by atoms with E-state index in [1.54, 1.807) is 25.4 Å². The zero-order chi connectivity index (χ0) is 24.8. The van der Waals surface area contributed by atoms with Crippen molar-refractivity contribution in [2.24, 2.45) is 11.0 Å². The van der Waals surface area contributed by atoms with Crippen LogP contribution in [0.4, 0.5) is 5.69 Å². The number of hydrogen-bond donors (Lipinski definition) is 2. The average molecular weight is 475 g/mol. The van der Waals surface area contributed by atoms with Gasteiger partial charge in [-0.15, -0.1) is 0 Å². The monoisotopic (exact) mass is 474 g/mol. The molecule has 0 bridgehead atoms. The molecule has 0 saturated carbocycles. The van der Waals surface area contributed by atoms with Gasteiger partial charge in [0.15, 0.2) is 11.5 Å². The molecular weight excluding hydrogens is 444 g/mol.